The summed E-state index contributed by atoms with van der Waals surface area (Å²) in [5.74, 6) is -0.633. The zero-order chi connectivity index (χ0) is 23.2. The molecule has 2 heterocycles. The van der Waals surface area contributed by atoms with Gasteiger partial charge in [-0.05, 0) is 17.2 Å². The molecule has 1 fully saturated rings. The van der Waals surface area contributed by atoms with Gasteiger partial charge in [-0.2, -0.15) is 0 Å². The molecule has 1 aliphatic rings. The SMILES string of the molecule is Cn1cc(C(=O)N2CCOCC2)cc(NC(=O)CC(c2ccccc2)c2ccccc2)c1=O. The summed E-state index contributed by atoms with van der Waals surface area (Å²) in [4.78, 5) is 40.3. The molecular formula is C26H27N3O4. The molecule has 0 bridgehead atoms. The van der Waals surface area contributed by atoms with Gasteiger partial charge in [0.25, 0.3) is 11.5 Å². The molecule has 0 unspecified atom stereocenters. The van der Waals surface area contributed by atoms with Gasteiger partial charge in [0.05, 0.1) is 18.8 Å². The second-order valence-corrected chi connectivity index (χ2v) is 8.09. The lowest BCUT2D eigenvalue weighted by Gasteiger charge is -2.27. The highest BCUT2D eigenvalue weighted by molar-refractivity contribution is 5.97. The van der Waals surface area contributed by atoms with Crippen molar-refractivity contribution in [3.63, 3.8) is 0 Å². The minimum absolute atomic E-state index is 0.0986. The largest absolute Gasteiger partial charge is 0.378 e. The van der Waals surface area contributed by atoms with E-state index >= 15 is 0 Å². The molecule has 3 aromatic rings. The average molecular weight is 446 g/mol. The summed E-state index contributed by atoms with van der Waals surface area (Å²) in [5, 5.41) is 2.75. The van der Waals surface area contributed by atoms with Crippen LogP contribution in [-0.4, -0.2) is 47.6 Å². The number of benzene rings is 2. The quantitative estimate of drug-likeness (QED) is 0.633. The van der Waals surface area contributed by atoms with Crippen molar-refractivity contribution in [1.29, 1.82) is 0 Å². The minimum Gasteiger partial charge on any atom is -0.378 e. The van der Waals surface area contributed by atoms with Crippen molar-refractivity contribution in [2.75, 3.05) is 31.6 Å². The zero-order valence-electron chi connectivity index (χ0n) is 18.6. The van der Waals surface area contributed by atoms with Crippen molar-refractivity contribution >= 4 is 17.5 Å². The lowest BCUT2D eigenvalue weighted by molar-refractivity contribution is -0.116. The molecular weight excluding hydrogens is 418 g/mol. The van der Waals surface area contributed by atoms with Crippen LogP contribution in [0.2, 0.25) is 0 Å². The maximum Gasteiger partial charge on any atom is 0.274 e. The highest BCUT2D eigenvalue weighted by Gasteiger charge is 2.22. The lowest BCUT2D eigenvalue weighted by Crippen LogP contribution is -2.41. The fraction of sp³-hybridized carbons (Fsp3) is 0.269. The number of rotatable bonds is 6. The van der Waals surface area contributed by atoms with Crippen molar-refractivity contribution in [2.24, 2.45) is 7.05 Å². The van der Waals surface area contributed by atoms with Crippen LogP contribution < -0.4 is 10.9 Å². The van der Waals surface area contributed by atoms with Crippen molar-refractivity contribution in [1.82, 2.24) is 9.47 Å². The van der Waals surface area contributed by atoms with Crippen LogP contribution in [0.15, 0.2) is 77.7 Å². The molecule has 1 saturated heterocycles. The van der Waals surface area contributed by atoms with E-state index in [1.165, 1.54) is 16.8 Å². The van der Waals surface area contributed by atoms with E-state index < -0.39 is 0 Å². The molecule has 33 heavy (non-hydrogen) atoms. The predicted molar refractivity (Wildman–Crippen MR) is 126 cm³/mol. The van der Waals surface area contributed by atoms with Gasteiger partial charge in [0.2, 0.25) is 5.91 Å². The van der Waals surface area contributed by atoms with E-state index in [0.717, 1.165) is 11.1 Å². The number of carbonyl (C=O) groups excluding carboxylic acids is 2. The van der Waals surface area contributed by atoms with E-state index in [0.29, 0.717) is 31.9 Å². The van der Waals surface area contributed by atoms with Crippen LogP contribution in [0.25, 0.3) is 0 Å². The van der Waals surface area contributed by atoms with Gasteiger partial charge < -0.3 is 19.5 Å². The Morgan fingerprint density at radius 1 is 0.970 bits per heavy atom. The van der Waals surface area contributed by atoms with Crippen LogP contribution in [0.5, 0.6) is 0 Å². The maximum absolute atomic E-state index is 13.0. The second-order valence-electron chi connectivity index (χ2n) is 8.09. The van der Waals surface area contributed by atoms with Gasteiger partial charge in [-0.3, -0.25) is 14.4 Å². The van der Waals surface area contributed by atoms with Crippen molar-refractivity contribution in [3.8, 4) is 0 Å². The molecule has 2 aromatic carbocycles. The second kappa shape index (κ2) is 10.3. The normalized spacial score (nSPS) is 13.7. The molecule has 1 aromatic heterocycles. The molecule has 0 radical (unpaired) electrons. The van der Waals surface area contributed by atoms with Crippen LogP contribution in [0.3, 0.4) is 0 Å². The molecule has 170 valence electrons. The van der Waals surface area contributed by atoms with E-state index in [4.69, 9.17) is 4.74 Å². The molecule has 2 amide bonds. The van der Waals surface area contributed by atoms with Crippen LogP contribution in [0, 0.1) is 0 Å². The van der Waals surface area contributed by atoms with E-state index in [2.05, 4.69) is 5.32 Å². The molecule has 1 aliphatic heterocycles. The number of morpholine rings is 1. The van der Waals surface area contributed by atoms with Crippen molar-refractivity contribution in [2.45, 2.75) is 12.3 Å². The van der Waals surface area contributed by atoms with Gasteiger partial charge >= 0.3 is 0 Å². The van der Waals surface area contributed by atoms with E-state index in [-0.39, 0.29) is 35.4 Å². The molecule has 0 saturated carbocycles. The van der Waals surface area contributed by atoms with Gasteiger partial charge in [-0.15, -0.1) is 0 Å². The molecule has 7 nitrogen and oxygen atoms in total. The fourth-order valence-corrected chi connectivity index (χ4v) is 4.05. The van der Waals surface area contributed by atoms with Gasteiger partial charge in [0, 0.05) is 38.7 Å². The van der Waals surface area contributed by atoms with Gasteiger partial charge in [-0.25, -0.2) is 0 Å². The number of nitrogens with zero attached hydrogens (tertiary/aromatic N) is 2. The molecule has 4 rings (SSSR count). The first kappa shape index (κ1) is 22.5. The lowest BCUT2D eigenvalue weighted by atomic mass is 9.88. The number of amides is 2. The van der Waals surface area contributed by atoms with Crippen molar-refractivity contribution < 1.29 is 14.3 Å². The number of nitrogens with one attached hydrogen (secondary N) is 1. The standard InChI is InChI=1S/C26H27N3O4/c1-28-18-21(25(31)29-12-14-33-15-13-29)16-23(26(28)32)27-24(30)17-22(19-8-4-2-5-9-19)20-10-6-3-7-11-20/h2-11,16,18,22H,12-15,17H2,1H3,(H,27,30). The minimum atomic E-state index is -0.363. The third kappa shape index (κ3) is 5.38. The number of hydrogen-bond donors (Lipinski definition) is 1. The Bertz CT molecular complexity index is 1130. The van der Waals surface area contributed by atoms with Gasteiger partial charge in [0.1, 0.15) is 5.69 Å². The number of carbonyl (C=O) groups is 2. The average Bonchev–Trinajstić information content (AvgIpc) is 2.86. The summed E-state index contributed by atoms with van der Waals surface area (Å²) in [6.07, 6.45) is 1.67. The first-order valence-corrected chi connectivity index (χ1v) is 11.0. The Hall–Kier alpha value is -3.71. The van der Waals surface area contributed by atoms with Crippen LogP contribution in [-0.2, 0) is 16.6 Å². The molecule has 0 aliphatic carbocycles. The fourth-order valence-electron chi connectivity index (χ4n) is 4.05. The maximum atomic E-state index is 13.0. The predicted octanol–water partition coefficient (Wildman–Crippen LogP) is 3.02. The summed E-state index contributed by atoms with van der Waals surface area (Å²) in [5.41, 5.74) is 2.13. The molecule has 0 atom stereocenters. The number of anilines is 1. The smallest absolute Gasteiger partial charge is 0.274 e. The Morgan fingerprint density at radius 2 is 1.55 bits per heavy atom. The summed E-state index contributed by atoms with van der Waals surface area (Å²) >= 11 is 0. The van der Waals surface area contributed by atoms with Gasteiger partial charge in [-0.1, -0.05) is 60.7 Å². The van der Waals surface area contributed by atoms with Crippen molar-refractivity contribution in [3.05, 3.63) is 100.0 Å². The number of aryl methyl sites for hydroxylation is 1. The Labute approximate surface area is 192 Å². The summed E-state index contributed by atoms with van der Waals surface area (Å²) in [6, 6.07) is 21.1. The number of ether oxygens (including phenoxy) is 1. The highest BCUT2D eigenvalue weighted by Crippen LogP contribution is 2.28. The number of pyridine rings is 1. The number of hydrogen-bond acceptors (Lipinski definition) is 4. The highest BCUT2D eigenvalue weighted by atomic mass is 16.5. The Kier molecular flexibility index (Phi) is 7.00. The van der Waals surface area contributed by atoms with Crippen LogP contribution in [0.4, 0.5) is 5.69 Å². The van der Waals surface area contributed by atoms with Crippen LogP contribution in [0.1, 0.15) is 33.8 Å². The molecule has 1 N–H and O–H groups in total. The topological polar surface area (TPSA) is 80.6 Å². The Morgan fingerprint density at radius 3 is 2.12 bits per heavy atom. The van der Waals surface area contributed by atoms with Crippen LogP contribution >= 0.6 is 0 Å². The first-order valence-electron chi connectivity index (χ1n) is 11.0. The summed E-state index contributed by atoms with van der Waals surface area (Å²) in [7, 11) is 1.57. The van der Waals surface area contributed by atoms with E-state index in [1.54, 1.807) is 11.9 Å². The third-order valence-corrected chi connectivity index (χ3v) is 5.80. The third-order valence-electron chi connectivity index (χ3n) is 5.80. The van der Waals surface area contributed by atoms with E-state index in [9.17, 15) is 14.4 Å². The molecule has 7 heteroatoms. The zero-order valence-corrected chi connectivity index (χ0v) is 18.6. The molecule has 0 spiro atoms. The summed E-state index contributed by atoms with van der Waals surface area (Å²) < 4.78 is 6.64. The van der Waals surface area contributed by atoms with Gasteiger partial charge in [0.15, 0.2) is 0 Å². The summed E-state index contributed by atoms with van der Waals surface area (Å²) in [6.45, 7) is 1.97. The Balaban J connectivity index is 1.56. The number of aromatic nitrogens is 1. The first-order chi connectivity index (χ1) is 16.0. The van der Waals surface area contributed by atoms with E-state index in [1.807, 2.05) is 60.7 Å². The monoisotopic (exact) mass is 445 g/mol.